The summed E-state index contributed by atoms with van der Waals surface area (Å²) in [5.41, 5.74) is 4.52. The fraction of sp³-hybridized carbons (Fsp3) is 0.278. The minimum Gasteiger partial charge on any atom is -0.493 e. The van der Waals surface area contributed by atoms with E-state index in [2.05, 4.69) is 21.2 Å². The number of carbonyl (C=O) groups excluding carboxylic acids is 1. The van der Waals surface area contributed by atoms with E-state index in [0.717, 1.165) is 51.2 Å². The number of hydrogen-bond acceptors (Lipinski definition) is 3. The number of carbonyl (C=O) groups is 1. The Balaban J connectivity index is 1.73. The van der Waals surface area contributed by atoms with Gasteiger partial charge in [0.2, 0.25) is 0 Å². The van der Waals surface area contributed by atoms with Crippen LogP contribution >= 0.6 is 15.9 Å². The first-order valence-corrected chi connectivity index (χ1v) is 8.44. The maximum absolute atomic E-state index is 12.9. The van der Waals surface area contributed by atoms with Crippen molar-refractivity contribution in [3.05, 3.63) is 51.0 Å². The number of rotatable bonds is 2. The standard InChI is InChI=1S/C18H16BrNO3/c1-10-2-3-12(9-14(10)19)20-18(21)16-13-5-7-22-15(13)8-11-4-6-23-17(11)16/h2-3,8-9H,4-7H2,1H3,(H,20,21). The molecule has 0 spiro atoms. The van der Waals surface area contributed by atoms with Crippen LogP contribution < -0.4 is 14.8 Å². The number of nitrogens with one attached hydrogen (secondary N) is 1. The van der Waals surface area contributed by atoms with Crippen molar-refractivity contribution in [2.45, 2.75) is 19.8 Å². The number of benzene rings is 2. The maximum Gasteiger partial charge on any atom is 0.259 e. The molecule has 2 heterocycles. The van der Waals surface area contributed by atoms with Crippen LogP contribution in [0.15, 0.2) is 28.7 Å². The van der Waals surface area contributed by atoms with Gasteiger partial charge in [0.25, 0.3) is 5.91 Å². The second-order valence-electron chi connectivity index (χ2n) is 5.83. The Labute approximate surface area is 142 Å². The molecule has 2 aromatic carbocycles. The number of ether oxygens (including phenoxy) is 2. The van der Waals surface area contributed by atoms with Gasteiger partial charge in [0.1, 0.15) is 11.5 Å². The zero-order valence-electron chi connectivity index (χ0n) is 12.7. The molecule has 0 radical (unpaired) electrons. The second kappa shape index (κ2) is 5.57. The predicted molar refractivity (Wildman–Crippen MR) is 91.7 cm³/mol. The van der Waals surface area contributed by atoms with Crippen LogP contribution in [0.2, 0.25) is 0 Å². The highest BCUT2D eigenvalue weighted by atomic mass is 79.9. The summed E-state index contributed by atoms with van der Waals surface area (Å²) < 4.78 is 12.4. The van der Waals surface area contributed by atoms with Gasteiger partial charge in [-0.25, -0.2) is 0 Å². The third-order valence-electron chi connectivity index (χ3n) is 4.31. The van der Waals surface area contributed by atoms with Crippen LogP contribution in [0.4, 0.5) is 5.69 Å². The minimum absolute atomic E-state index is 0.138. The van der Waals surface area contributed by atoms with Gasteiger partial charge in [-0.05, 0) is 30.7 Å². The smallest absolute Gasteiger partial charge is 0.259 e. The third-order valence-corrected chi connectivity index (χ3v) is 5.16. The molecule has 2 aromatic rings. The van der Waals surface area contributed by atoms with E-state index in [1.807, 2.05) is 31.2 Å². The van der Waals surface area contributed by atoms with E-state index in [9.17, 15) is 4.79 Å². The van der Waals surface area contributed by atoms with Gasteiger partial charge in [-0.2, -0.15) is 0 Å². The number of anilines is 1. The fourth-order valence-corrected chi connectivity index (χ4v) is 3.47. The van der Waals surface area contributed by atoms with Crippen LogP contribution in [-0.4, -0.2) is 19.1 Å². The monoisotopic (exact) mass is 373 g/mol. The molecule has 0 aromatic heterocycles. The van der Waals surface area contributed by atoms with E-state index in [4.69, 9.17) is 9.47 Å². The lowest BCUT2D eigenvalue weighted by atomic mass is 9.99. The molecule has 4 rings (SSSR count). The van der Waals surface area contributed by atoms with Crippen molar-refractivity contribution in [3.8, 4) is 11.5 Å². The molecule has 0 bridgehead atoms. The second-order valence-corrected chi connectivity index (χ2v) is 6.69. The van der Waals surface area contributed by atoms with Gasteiger partial charge in [-0.1, -0.05) is 22.0 Å². The van der Waals surface area contributed by atoms with E-state index in [1.54, 1.807) is 0 Å². The van der Waals surface area contributed by atoms with Crippen LogP contribution in [0, 0.1) is 6.92 Å². The number of aryl methyl sites for hydroxylation is 1. The van der Waals surface area contributed by atoms with Crippen LogP contribution in [0.3, 0.4) is 0 Å². The van der Waals surface area contributed by atoms with Crippen molar-refractivity contribution in [3.63, 3.8) is 0 Å². The van der Waals surface area contributed by atoms with Crippen molar-refractivity contribution >= 4 is 27.5 Å². The highest BCUT2D eigenvalue weighted by Gasteiger charge is 2.30. The first kappa shape index (κ1) is 14.6. The Hall–Kier alpha value is -2.01. The Morgan fingerprint density at radius 1 is 1.17 bits per heavy atom. The van der Waals surface area contributed by atoms with Crippen molar-refractivity contribution in [1.82, 2.24) is 0 Å². The maximum atomic E-state index is 12.9. The van der Waals surface area contributed by atoms with Gasteiger partial charge in [-0.3, -0.25) is 4.79 Å². The van der Waals surface area contributed by atoms with E-state index in [0.29, 0.717) is 18.8 Å². The summed E-state index contributed by atoms with van der Waals surface area (Å²) in [6.45, 7) is 3.25. The van der Waals surface area contributed by atoms with E-state index in [-0.39, 0.29) is 5.91 Å². The first-order valence-electron chi connectivity index (χ1n) is 7.65. The first-order chi connectivity index (χ1) is 11.1. The predicted octanol–water partition coefficient (Wildman–Crippen LogP) is 3.88. The summed E-state index contributed by atoms with van der Waals surface area (Å²) in [6, 6.07) is 7.80. The zero-order chi connectivity index (χ0) is 16.0. The molecule has 1 N–H and O–H groups in total. The van der Waals surface area contributed by atoms with E-state index >= 15 is 0 Å². The van der Waals surface area contributed by atoms with E-state index in [1.165, 1.54) is 0 Å². The van der Waals surface area contributed by atoms with Gasteiger partial charge in [-0.15, -0.1) is 0 Å². The number of amides is 1. The highest BCUT2D eigenvalue weighted by molar-refractivity contribution is 9.10. The van der Waals surface area contributed by atoms with Crippen LogP contribution in [0.25, 0.3) is 0 Å². The average Bonchev–Trinajstić information content (AvgIpc) is 3.16. The van der Waals surface area contributed by atoms with Crippen LogP contribution in [0.1, 0.15) is 27.0 Å². The molecule has 0 fully saturated rings. The summed E-state index contributed by atoms with van der Waals surface area (Å²) in [5, 5.41) is 2.98. The van der Waals surface area contributed by atoms with Gasteiger partial charge in [0.15, 0.2) is 0 Å². The molecule has 118 valence electrons. The molecule has 23 heavy (non-hydrogen) atoms. The Bertz CT molecular complexity index is 784. The Morgan fingerprint density at radius 3 is 2.83 bits per heavy atom. The summed E-state index contributed by atoms with van der Waals surface area (Å²) >= 11 is 3.50. The third kappa shape index (κ3) is 2.49. The normalized spacial score (nSPS) is 14.7. The van der Waals surface area contributed by atoms with E-state index < -0.39 is 0 Å². The molecule has 1 amide bonds. The molecule has 0 saturated carbocycles. The van der Waals surface area contributed by atoms with Gasteiger partial charge in [0.05, 0.1) is 18.8 Å². The molecule has 4 nitrogen and oxygen atoms in total. The van der Waals surface area contributed by atoms with Crippen molar-refractivity contribution in [2.75, 3.05) is 18.5 Å². The Morgan fingerprint density at radius 2 is 2.00 bits per heavy atom. The quantitative estimate of drug-likeness (QED) is 0.868. The molecule has 5 heteroatoms. The highest BCUT2D eigenvalue weighted by Crippen LogP contribution is 2.40. The molecule has 2 aliphatic rings. The summed E-state index contributed by atoms with van der Waals surface area (Å²) in [5.74, 6) is 1.41. The zero-order valence-corrected chi connectivity index (χ0v) is 14.3. The van der Waals surface area contributed by atoms with Crippen LogP contribution in [0.5, 0.6) is 11.5 Å². The SMILES string of the molecule is Cc1ccc(NC(=O)c2c3c(cc4c2OCC4)OCC3)cc1Br. The number of hydrogen-bond donors (Lipinski definition) is 1. The molecule has 2 aliphatic heterocycles. The molecular formula is C18H16BrNO3. The molecular weight excluding hydrogens is 358 g/mol. The number of fused-ring (bicyclic) bond motifs is 2. The van der Waals surface area contributed by atoms with Gasteiger partial charge < -0.3 is 14.8 Å². The molecule has 0 aliphatic carbocycles. The van der Waals surface area contributed by atoms with Gasteiger partial charge in [0, 0.05) is 34.1 Å². The lowest BCUT2D eigenvalue weighted by Crippen LogP contribution is -2.15. The largest absolute Gasteiger partial charge is 0.493 e. The molecule has 0 saturated heterocycles. The summed E-state index contributed by atoms with van der Waals surface area (Å²) in [6.07, 6.45) is 1.56. The molecule has 0 atom stereocenters. The Kier molecular flexibility index (Phi) is 3.53. The fourth-order valence-electron chi connectivity index (χ4n) is 3.09. The number of halogens is 1. The lowest BCUT2D eigenvalue weighted by Gasteiger charge is -2.13. The molecule has 0 unspecified atom stereocenters. The van der Waals surface area contributed by atoms with Crippen molar-refractivity contribution < 1.29 is 14.3 Å². The minimum atomic E-state index is -0.138. The lowest BCUT2D eigenvalue weighted by molar-refractivity contribution is 0.102. The summed E-state index contributed by atoms with van der Waals surface area (Å²) in [7, 11) is 0. The topological polar surface area (TPSA) is 47.6 Å². The summed E-state index contributed by atoms with van der Waals surface area (Å²) in [4.78, 5) is 12.9. The van der Waals surface area contributed by atoms with Crippen LogP contribution in [-0.2, 0) is 12.8 Å². The van der Waals surface area contributed by atoms with Crippen molar-refractivity contribution in [2.24, 2.45) is 0 Å². The average molecular weight is 374 g/mol. The van der Waals surface area contributed by atoms with Gasteiger partial charge >= 0.3 is 0 Å². The van der Waals surface area contributed by atoms with Crippen molar-refractivity contribution in [1.29, 1.82) is 0 Å².